The third-order valence-electron chi connectivity index (χ3n) is 2.97. The van der Waals surface area contributed by atoms with Crippen LogP contribution >= 0.6 is 0 Å². The number of hydrogen-bond acceptors (Lipinski definition) is 4. The van der Waals surface area contributed by atoms with E-state index in [2.05, 4.69) is 9.97 Å². The first-order valence-corrected chi connectivity index (χ1v) is 5.79. The first kappa shape index (κ1) is 12.0. The van der Waals surface area contributed by atoms with Crippen molar-refractivity contribution in [1.82, 2.24) is 9.97 Å². The fourth-order valence-corrected chi connectivity index (χ4v) is 2.14. The maximum atomic E-state index is 13.1. The van der Waals surface area contributed by atoms with Crippen LogP contribution in [0.15, 0.2) is 24.5 Å². The number of ether oxygens (including phenoxy) is 1. The predicted octanol–water partition coefficient (Wildman–Crippen LogP) is 2.53. The molecule has 1 aromatic carbocycles. The molecule has 0 unspecified atom stereocenters. The number of halogens is 2. The monoisotopic (exact) mass is 264 g/mol. The average molecular weight is 264 g/mol. The van der Waals surface area contributed by atoms with Crippen LogP contribution in [0.4, 0.5) is 8.78 Å². The molecular formula is C13H10F2N2O2. The van der Waals surface area contributed by atoms with Crippen molar-refractivity contribution in [2.45, 2.75) is 18.9 Å². The number of aliphatic hydroxyl groups excluding tert-OH is 1. The summed E-state index contributed by atoms with van der Waals surface area (Å²) in [6.45, 7) is 0. The number of aliphatic hydroxyl groups is 1. The van der Waals surface area contributed by atoms with Crippen LogP contribution in [0.5, 0.6) is 11.6 Å². The zero-order valence-corrected chi connectivity index (χ0v) is 9.81. The molecule has 1 aliphatic carbocycles. The van der Waals surface area contributed by atoms with Crippen molar-refractivity contribution in [2.24, 2.45) is 0 Å². The van der Waals surface area contributed by atoms with Gasteiger partial charge >= 0.3 is 0 Å². The molecule has 1 heterocycles. The van der Waals surface area contributed by atoms with E-state index in [0.717, 1.165) is 18.2 Å². The quantitative estimate of drug-likeness (QED) is 0.905. The second kappa shape index (κ2) is 4.55. The average Bonchev–Trinajstić information content (AvgIpc) is 2.71. The molecule has 0 amide bonds. The number of aromatic nitrogens is 2. The molecule has 0 fully saturated rings. The van der Waals surface area contributed by atoms with Gasteiger partial charge in [-0.15, -0.1) is 0 Å². The minimum Gasteiger partial charge on any atom is -0.438 e. The highest BCUT2D eigenvalue weighted by Crippen LogP contribution is 2.35. The normalized spacial score (nSPS) is 17.3. The van der Waals surface area contributed by atoms with Gasteiger partial charge in [-0.1, -0.05) is 0 Å². The highest BCUT2D eigenvalue weighted by molar-refractivity contribution is 5.38. The van der Waals surface area contributed by atoms with Crippen LogP contribution in [0.2, 0.25) is 0 Å². The molecular weight excluding hydrogens is 254 g/mol. The van der Waals surface area contributed by atoms with E-state index in [-0.39, 0.29) is 11.6 Å². The standard InChI is InChI=1S/C13H10F2N2O2/c14-7-3-8(15)5-9(4-7)19-13-10-1-2-11(18)12(10)16-6-17-13/h3-6,11,18H,1-2H2/t11-/m1/s1. The fourth-order valence-electron chi connectivity index (χ4n) is 2.14. The van der Waals surface area contributed by atoms with E-state index in [4.69, 9.17) is 4.74 Å². The van der Waals surface area contributed by atoms with Crippen molar-refractivity contribution in [3.63, 3.8) is 0 Å². The van der Waals surface area contributed by atoms with Gasteiger partial charge in [-0.25, -0.2) is 18.7 Å². The van der Waals surface area contributed by atoms with Crippen LogP contribution in [-0.2, 0) is 6.42 Å². The topological polar surface area (TPSA) is 55.2 Å². The largest absolute Gasteiger partial charge is 0.438 e. The lowest BCUT2D eigenvalue weighted by atomic mass is 10.2. The smallest absolute Gasteiger partial charge is 0.225 e. The highest BCUT2D eigenvalue weighted by atomic mass is 19.1. The third-order valence-corrected chi connectivity index (χ3v) is 2.97. The van der Waals surface area contributed by atoms with Crippen LogP contribution < -0.4 is 4.74 Å². The SMILES string of the molecule is O[C@@H]1CCc2c(Oc3cc(F)cc(F)c3)ncnc21. The van der Waals surface area contributed by atoms with Gasteiger partial charge in [0.25, 0.3) is 0 Å². The lowest BCUT2D eigenvalue weighted by molar-refractivity contribution is 0.175. The maximum Gasteiger partial charge on any atom is 0.225 e. The Labute approximate surface area is 107 Å². The van der Waals surface area contributed by atoms with Crippen molar-refractivity contribution in [2.75, 3.05) is 0 Å². The molecule has 1 aromatic heterocycles. The van der Waals surface area contributed by atoms with E-state index in [1.165, 1.54) is 6.33 Å². The summed E-state index contributed by atoms with van der Waals surface area (Å²) in [5, 5.41) is 9.69. The van der Waals surface area contributed by atoms with E-state index in [9.17, 15) is 13.9 Å². The van der Waals surface area contributed by atoms with Gasteiger partial charge in [0, 0.05) is 23.8 Å². The molecule has 3 rings (SSSR count). The van der Waals surface area contributed by atoms with E-state index >= 15 is 0 Å². The van der Waals surface area contributed by atoms with Gasteiger partial charge in [0.1, 0.15) is 23.7 Å². The number of hydrogen-bond donors (Lipinski definition) is 1. The maximum absolute atomic E-state index is 13.1. The Morgan fingerprint density at radius 1 is 1.16 bits per heavy atom. The Hall–Kier alpha value is -2.08. The molecule has 0 bridgehead atoms. The molecule has 98 valence electrons. The predicted molar refractivity (Wildman–Crippen MR) is 61.7 cm³/mol. The summed E-state index contributed by atoms with van der Waals surface area (Å²) in [4.78, 5) is 7.94. The van der Waals surface area contributed by atoms with Gasteiger partial charge in [0.15, 0.2) is 0 Å². The Morgan fingerprint density at radius 2 is 1.89 bits per heavy atom. The summed E-state index contributed by atoms with van der Waals surface area (Å²) >= 11 is 0. The summed E-state index contributed by atoms with van der Waals surface area (Å²) in [7, 11) is 0. The molecule has 1 atom stereocenters. The molecule has 0 aliphatic heterocycles. The third kappa shape index (κ3) is 2.26. The summed E-state index contributed by atoms with van der Waals surface area (Å²) in [6, 6.07) is 2.91. The minimum absolute atomic E-state index is 0.0276. The van der Waals surface area contributed by atoms with E-state index < -0.39 is 17.7 Å². The second-order valence-corrected chi connectivity index (χ2v) is 4.30. The summed E-state index contributed by atoms with van der Waals surface area (Å²) in [5.41, 5.74) is 1.20. The van der Waals surface area contributed by atoms with E-state index in [1.807, 2.05) is 0 Å². The number of benzene rings is 1. The minimum atomic E-state index is -0.722. The first-order valence-electron chi connectivity index (χ1n) is 5.79. The Kier molecular flexibility index (Phi) is 2.87. The van der Waals surface area contributed by atoms with Crippen LogP contribution in [0.3, 0.4) is 0 Å². The van der Waals surface area contributed by atoms with Crippen LogP contribution in [0.1, 0.15) is 23.8 Å². The molecule has 1 aliphatic rings. The van der Waals surface area contributed by atoms with Gasteiger partial charge in [-0.05, 0) is 12.8 Å². The first-order chi connectivity index (χ1) is 9.13. The number of fused-ring (bicyclic) bond motifs is 1. The number of rotatable bonds is 2. The van der Waals surface area contributed by atoms with Crippen LogP contribution in [0, 0.1) is 11.6 Å². The van der Waals surface area contributed by atoms with Crippen molar-refractivity contribution in [3.05, 3.63) is 47.4 Å². The van der Waals surface area contributed by atoms with Gasteiger partial charge in [0.05, 0.1) is 11.8 Å². The van der Waals surface area contributed by atoms with E-state index in [1.54, 1.807) is 0 Å². The molecule has 2 aromatic rings. The lowest BCUT2D eigenvalue weighted by Crippen LogP contribution is -1.99. The van der Waals surface area contributed by atoms with Gasteiger partial charge in [-0.2, -0.15) is 0 Å². The summed E-state index contributed by atoms with van der Waals surface area (Å²) < 4.78 is 31.5. The van der Waals surface area contributed by atoms with Crippen molar-refractivity contribution in [3.8, 4) is 11.6 Å². The molecule has 1 N–H and O–H groups in total. The highest BCUT2D eigenvalue weighted by Gasteiger charge is 2.26. The Bertz CT molecular complexity index is 614. The zero-order chi connectivity index (χ0) is 13.4. The van der Waals surface area contributed by atoms with Gasteiger partial charge in [-0.3, -0.25) is 0 Å². The Morgan fingerprint density at radius 3 is 2.63 bits per heavy atom. The molecule has 19 heavy (non-hydrogen) atoms. The van der Waals surface area contributed by atoms with Gasteiger partial charge in [0.2, 0.25) is 5.88 Å². The Balaban J connectivity index is 1.96. The molecule has 0 spiro atoms. The van der Waals surface area contributed by atoms with Crippen molar-refractivity contribution in [1.29, 1.82) is 0 Å². The second-order valence-electron chi connectivity index (χ2n) is 4.30. The fraction of sp³-hybridized carbons (Fsp3) is 0.231. The lowest BCUT2D eigenvalue weighted by Gasteiger charge is -2.09. The summed E-state index contributed by atoms with van der Waals surface area (Å²) in [5.74, 6) is -1.19. The van der Waals surface area contributed by atoms with Crippen molar-refractivity contribution < 1.29 is 18.6 Å². The van der Waals surface area contributed by atoms with E-state index in [0.29, 0.717) is 24.1 Å². The summed E-state index contributed by atoms with van der Waals surface area (Å²) in [6.07, 6.45) is 1.75. The molecule has 6 heteroatoms. The molecule has 0 radical (unpaired) electrons. The zero-order valence-electron chi connectivity index (χ0n) is 9.81. The molecule has 0 saturated carbocycles. The number of nitrogens with zero attached hydrogens (tertiary/aromatic N) is 2. The van der Waals surface area contributed by atoms with Gasteiger partial charge < -0.3 is 9.84 Å². The van der Waals surface area contributed by atoms with Crippen LogP contribution in [0.25, 0.3) is 0 Å². The molecule has 4 nitrogen and oxygen atoms in total. The van der Waals surface area contributed by atoms with Crippen molar-refractivity contribution >= 4 is 0 Å². The van der Waals surface area contributed by atoms with Crippen LogP contribution in [-0.4, -0.2) is 15.1 Å². The molecule has 0 saturated heterocycles.